The molecule has 0 saturated heterocycles. The lowest BCUT2D eigenvalue weighted by molar-refractivity contribution is 0.164. The second-order valence-corrected chi connectivity index (χ2v) is 5.05. The molecular weight excluding hydrogens is 252 g/mol. The van der Waals surface area contributed by atoms with E-state index >= 15 is 0 Å². The van der Waals surface area contributed by atoms with Crippen LogP contribution in [0.1, 0.15) is 18.5 Å². The van der Waals surface area contributed by atoms with Gasteiger partial charge in [0.05, 0.1) is 24.8 Å². The lowest BCUT2D eigenvalue weighted by Crippen LogP contribution is -2.19. The molecule has 1 N–H and O–H groups in total. The van der Waals surface area contributed by atoms with Crippen LogP contribution in [0.4, 0.5) is 0 Å². The van der Waals surface area contributed by atoms with Gasteiger partial charge in [-0.15, -0.1) is 0 Å². The molecule has 2 rings (SSSR count). The van der Waals surface area contributed by atoms with Crippen LogP contribution in [0, 0.1) is 0 Å². The minimum Gasteiger partial charge on any atom is -0.383 e. The molecule has 1 unspecified atom stereocenters. The van der Waals surface area contributed by atoms with Gasteiger partial charge < -0.3 is 19.4 Å². The number of para-hydroxylation sites is 1. The largest absolute Gasteiger partial charge is 0.383 e. The van der Waals surface area contributed by atoms with Crippen LogP contribution in [-0.4, -0.2) is 38.5 Å². The molecular formula is C16H24N2O2. The zero-order valence-corrected chi connectivity index (χ0v) is 12.6. The third-order valence-electron chi connectivity index (χ3n) is 3.50. The van der Waals surface area contributed by atoms with Crippen molar-refractivity contribution < 1.29 is 9.47 Å². The van der Waals surface area contributed by atoms with Crippen LogP contribution in [0.3, 0.4) is 0 Å². The normalized spacial score (nSPS) is 12.9. The number of aromatic nitrogens is 1. The van der Waals surface area contributed by atoms with Gasteiger partial charge in [0.15, 0.2) is 0 Å². The van der Waals surface area contributed by atoms with Crippen molar-refractivity contribution in [3.63, 3.8) is 0 Å². The lowest BCUT2D eigenvalue weighted by atomic mass is 10.1. The van der Waals surface area contributed by atoms with Crippen molar-refractivity contribution in [3.8, 4) is 0 Å². The summed E-state index contributed by atoms with van der Waals surface area (Å²) in [7, 11) is 3.47. The van der Waals surface area contributed by atoms with Crippen LogP contribution < -0.4 is 5.32 Å². The predicted octanol–water partition coefficient (Wildman–Crippen LogP) is 2.58. The Morgan fingerprint density at radius 1 is 1.20 bits per heavy atom. The van der Waals surface area contributed by atoms with Gasteiger partial charge in [-0.1, -0.05) is 18.2 Å². The van der Waals surface area contributed by atoms with E-state index in [2.05, 4.69) is 47.3 Å². The predicted molar refractivity (Wildman–Crippen MR) is 82.1 cm³/mol. The molecule has 1 heterocycles. The standard InChI is InChI=1S/C16H24N2O2/c1-13(12-20-3)18-9-7-14-5-4-6-15(16(14)18)11-17-8-10-19-2/h4-7,9,13,17H,8,10-12H2,1-3H3. The number of benzene rings is 1. The number of ether oxygens (including phenoxy) is 2. The van der Waals surface area contributed by atoms with E-state index in [0.29, 0.717) is 6.04 Å². The van der Waals surface area contributed by atoms with Crippen molar-refractivity contribution in [1.82, 2.24) is 9.88 Å². The van der Waals surface area contributed by atoms with Gasteiger partial charge in [-0.2, -0.15) is 0 Å². The Bertz CT molecular complexity index is 536. The molecule has 20 heavy (non-hydrogen) atoms. The van der Waals surface area contributed by atoms with Gasteiger partial charge in [0.25, 0.3) is 0 Å². The molecule has 0 aliphatic heterocycles. The molecule has 1 atom stereocenters. The van der Waals surface area contributed by atoms with E-state index in [9.17, 15) is 0 Å². The van der Waals surface area contributed by atoms with Gasteiger partial charge in [-0.05, 0) is 23.9 Å². The highest BCUT2D eigenvalue weighted by Crippen LogP contribution is 2.24. The molecule has 0 aliphatic carbocycles. The van der Waals surface area contributed by atoms with Crippen LogP contribution in [0.25, 0.3) is 10.9 Å². The van der Waals surface area contributed by atoms with E-state index < -0.39 is 0 Å². The number of hydrogen-bond donors (Lipinski definition) is 1. The molecule has 4 heteroatoms. The maximum absolute atomic E-state index is 5.28. The van der Waals surface area contributed by atoms with E-state index in [0.717, 1.165) is 26.3 Å². The van der Waals surface area contributed by atoms with Crippen molar-refractivity contribution in [1.29, 1.82) is 0 Å². The first-order valence-electron chi connectivity index (χ1n) is 7.05. The lowest BCUT2D eigenvalue weighted by Gasteiger charge is -2.16. The molecule has 0 saturated carbocycles. The van der Waals surface area contributed by atoms with E-state index in [-0.39, 0.29) is 0 Å². The fourth-order valence-corrected chi connectivity index (χ4v) is 2.52. The number of fused-ring (bicyclic) bond motifs is 1. The van der Waals surface area contributed by atoms with Crippen LogP contribution in [0.5, 0.6) is 0 Å². The Morgan fingerprint density at radius 2 is 2.05 bits per heavy atom. The third kappa shape index (κ3) is 3.39. The van der Waals surface area contributed by atoms with Crippen molar-refractivity contribution in [2.45, 2.75) is 19.5 Å². The van der Waals surface area contributed by atoms with E-state index in [1.807, 2.05) is 0 Å². The van der Waals surface area contributed by atoms with Gasteiger partial charge in [0.1, 0.15) is 0 Å². The van der Waals surface area contributed by atoms with Crippen molar-refractivity contribution in [2.75, 3.05) is 34.0 Å². The van der Waals surface area contributed by atoms with Crippen molar-refractivity contribution in [2.24, 2.45) is 0 Å². The third-order valence-corrected chi connectivity index (χ3v) is 3.50. The van der Waals surface area contributed by atoms with Gasteiger partial charge >= 0.3 is 0 Å². The maximum Gasteiger partial charge on any atom is 0.0667 e. The molecule has 0 fully saturated rings. The second kappa shape index (κ2) is 7.43. The van der Waals surface area contributed by atoms with Crippen LogP contribution >= 0.6 is 0 Å². The zero-order chi connectivity index (χ0) is 14.4. The number of nitrogens with one attached hydrogen (secondary N) is 1. The zero-order valence-electron chi connectivity index (χ0n) is 12.6. The molecule has 0 radical (unpaired) electrons. The fraction of sp³-hybridized carbons (Fsp3) is 0.500. The van der Waals surface area contributed by atoms with Crippen LogP contribution in [-0.2, 0) is 16.0 Å². The average Bonchev–Trinajstić information content (AvgIpc) is 2.88. The summed E-state index contributed by atoms with van der Waals surface area (Å²) in [5.41, 5.74) is 2.61. The number of hydrogen-bond acceptors (Lipinski definition) is 3. The Morgan fingerprint density at radius 3 is 2.80 bits per heavy atom. The van der Waals surface area contributed by atoms with Gasteiger partial charge in [0, 0.05) is 33.5 Å². The first-order chi connectivity index (χ1) is 9.77. The van der Waals surface area contributed by atoms with Crippen LogP contribution in [0.2, 0.25) is 0 Å². The molecule has 110 valence electrons. The van der Waals surface area contributed by atoms with E-state index in [1.54, 1.807) is 14.2 Å². The second-order valence-electron chi connectivity index (χ2n) is 5.05. The Kier molecular flexibility index (Phi) is 5.59. The highest BCUT2D eigenvalue weighted by molar-refractivity contribution is 5.83. The highest BCUT2D eigenvalue weighted by atomic mass is 16.5. The Hall–Kier alpha value is -1.36. The summed E-state index contributed by atoms with van der Waals surface area (Å²) in [5, 5.41) is 4.69. The molecule has 0 bridgehead atoms. The number of nitrogens with zero attached hydrogens (tertiary/aromatic N) is 1. The monoisotopic (exact) mass is 276 g/mol. The summed E-state index contributed by atoms with van der Waals surface area (Å²) in [6.07, 6.45) is 2.15. The molecule has 4 nitrogen and oxygen atoms in total. The SMILES string of the molecule is COCCNCc1cccc2ccn(C(C)COC)c12. The summed E-state index contributed by atoms with van der Waals surface area (Å²) in [4.78, 5) is 0. The molecule has 1 aromatic carbocycles. The van der Waals surface area contributed by atoms with Gasteiger partial charge in [-0.3, -0.25) is 0 Å². The van der Waals surface area contributed by atoms with Gasteiger partial charge in [-0.25, -0.2) is 0 Å². The van der Waals surface area contributed by atoms with Gasteiger partial charge in [0.2, 0.25) is 0 Å². The van der Waals surface area contributed by atoms with E-state index in [4.69, 9.17) is 9.47 Å². The summed E-state index contributed by atoms with van der Waals surface area (Å²) >= 11 is 0. The summed E-state index contributed by atoms with van der Waals surface area (Å²) in [6, 6.07) is 8.95. The number of methoxy groups -OCH3 is 2. The Balaban J connectivity index is 2.22. The highest BCUT2D eigenvalue weighted by Gasteiger charge is 2.11. The molecule has 2 aromatic rings. The topological polar surface area (TPSA) is 35.4 Å². The average molecular weight is 276 g/mol. The number of rotatable bonds is 8. The first kappa shape index (κ1) is 15.0. The molecule has 0 aliphatic rings. The molecule has 0 amide bonds. The summed E-state index contributed by atoms with van der Waals surface area (Å²) in [5.74, 6) is 0. The Labute approximate surface area is 120 Å². The quantitative estimate of drug-likeness (QED) is 0.753. The minimum atomic E-state index is 0.331. The minimum absolute atomic E-state index is 0.331. The van der Waals surface area contributed by atoms with Crippen molar-refractivity contribution in [3.05, 3.63) is 36.0 Å². The summed E-state index contributed by atoms with van der Waals surface area (Å²) in [6.45, 7) is 5.34. The fourth-order valence-electron chi connectivity index (χ4n) is 2.52. The first-order valence-corrected chi connectivity index (χ1v) is 7.05. The molecule has 0 spiro atoms. The maximum atomic E-state index is 5.28. The van der Waals surface area contributed by atoms with Crippen molar-refractivity contribution >= 4 is 10.9 Å². The summed E-state index contributed by atoms with van der Waals surface area (Å²) < 4.78 is 12.6. The van der Waals surface area contributed by atoms with Crippen LogP contribution in [0.15, 0.2) is 30.5 Å². The smallest absolute Gasteiger partial charge is 0.0667 e. The van der Waals surface area contributed by atoms with E-state index in [1.165, 1.54) is 16.5 Å². The molecule has 1 aromatic heterocycles.